The van der Waals surface area contributed by atoms with Crippen LogP contribution in [-0.4, -0.2) is 17.0 Å². The molecular weight excluding hydrogens is 326 g/mol. The molecule has 0 spiro atoms. The van der Waals surface area contributed by atoms with Crippen molar-refractivity contribution in [3.05, 3.63) is 32.7 Å². The monoisotopic (exact) mass is 341 g/mol. The Balaban J connectivity index is 2.25. The summed E-state index contributed by atoms with van der Waals surface area (Å²) in [5.74, 6) is 7.09. The summed E-state index contributed by atoms with van der Waals surface area (Å²) < 4.78 is 1.11. The maximum Gasteiger partial charge on any atom is 0.148 e. The molecule has 0 aliphatic heterocycles. The lowest BCUT2D eigenvalue weighted by Gasteiger charge is -2.21. The molecule has 2 aromatic rings. The second-order valence-corrected chi connectivity index (χ2v) is 6.02. The van der Waals surface area contributed by atoms with Crippen LogP contribution in [0.2, 0.25) is 0 Å². The number of nitrogen functional groups attached to an aromatic ring is 1. The largest absolute Gasteiger partial charge is 0.354 e. The zero-order valence-corrected chi connectivity index (χ0v) is 13.3. The second-order valence-electron chi connectivity index (χ2n) is 4.11. The van der Waals surface area contributed by atoms with E-state index in [1.165, 1.54) is 11.2 Å². The molecule has 0 aromatic carbocycles. The Morgan fingerprint density at radius 1 is 1.47 bits per heavy atom. The smallest absolute Gasteiger partial charge is 0.148 e. The van der Waals surface area contributed by atoms with Crippen LogP contribution in [0.5, 0.6) is 0 Å². The van der Waals surface area contributed by atoms with E-state index in [2.05, 4.69) is 54.6 Å². The Morgan fingerprint density at radius 3 is 2.84 bits per heavy atom. The number of rotatable bonds is 5. The van der Waals surface area contributed by atoms with Crippen molar-refractivity contribution in [1.82, 2.24) is 9.97 Å². The van der Waals surface area contributed by atoms with Gasteiger partial charge in [0, 0.05) is 27.3 Å². The highest BCUT2D eigenvalue weighted by molar-refractivity contribution is 9.10. The van der Waals surface area contributed by atoms with Gasteiger partial charge in [-0.1, -0.05) is 6.92 Å². The molecule has 0 aliphatic carbocycles. The van der Waals surface area contributed by atoms with Crippen molar-refractivity contribution in [3.8, 4) is 0 Å². The Bertz CT molecular complexity index is 557. The standard InChI is InChI=1S/C12H16BrN5S/c1-3-10-11(17-14)15-7-16-12(10)18(2)5-9-4-8(13)6-19-9/h4,6-7H,3,5,14H2,1-2H3,(H,15,16,17). The highest BCUT2D eigenvalue weighted by atomic mass is 79.9. The Labute approximate surface area is 125 Å². The highest BCUT2D eigenvalue weighted by Crippen LogP contribution is 2.26. The number of nitrogens with one attached hydrogen (secondary N) is 1. The molecule has 19 heavy (non-hydrogen) atoms. The first-order valence-corrected chi connectivity index (χ1v) is 7.57. The van der Waals surface area contributed by atoms with Crippen molar-refractivity contribution < 1.29 is 0 Å². The Hall–Kier alpha value is -1.18. The van der Waals surface area contributed by atoms with Gasteiger partial charge in [0.15, 0.2) is 0 Å². The quantitative estimate of drug-likeness (QED) is 0.646. The van der Waals surface area contributed by atoms with E-state index < -0.39 is 0 Å². The second kappa shape index (κ2) is 6.31. The van der Waals surface area contributed by atoms with Crippen LogP contribution >= 0.6 is 27.3 Å². The predicted molar refractivity (Wildman–Crippen MR) is 83.3 cm³/mol. The Morgan fingerprint density at radius 2 is 2.26 bits per heavy atom. The molecule has 0 fully saturated rings. The number of hydrogen-bond donors (Lipinski definition) is 2. The van der Waals surface area contributed by atoms with Crippen LogP contribution < -0.4 is 16.2 Å². The van der Waals surface area contributed by atoms with E-state index in [0.717, 1.165) is 28.8 Å². The zero-order chi connectivity index (χ0) is 13.8. The first-order valence-electron chi connectivity index (χ1n) is 5.90. The van der Waals surface area contributed by atoms with Crippen LogP contribution in [0.3, 0.4) is 0 Å². The van der Waals surface area contributed by atoms with E-state index in [1.807, 2.05) is 7.05 Å². The van der Waals surface area contributed by atoms with Crippen LogP contribution in [0.25, 0.3) is 0 Å². The van der Waals surface area contributed by atoms with Crippen LogP contribution in [0.15, 0.2) is 22.2 Å². The topological polar surface area (TPSA) is 67.1 Å². The van der Waals surface area contributed by atoms with Gasteiger partial charge in [-0.15, -0.1) is 11.3 Å². The fourth-order valence-electron chi connectivity index (χ4n) is 1.93. The van der Waals surface area contributed by atoms with Gasteiger partial charge in [0.05, 0.1) is 6.54 Å². The predicted octanol–water partition coefficient (Wildman–Crippen LogP) is 2.79. The molecule has 0 unspecified atom stereocenters. The van der Waals surface area contributed by atoms with Gasteiger partial charge in [0.25, 0.3) is 0 Å². The van der Waals surface area contributed by atoms with E-state index >= 15 is 0 Å². The fraction of sp³-hybridized carbons (Fsp3) is 0.333. The summed E-state index contributed by atoms with van der Waals surface area (Å²) in [4.78, 5) is 11.9. The maximum atomic E-state index is 5.49. The third-order valence-corrected chi connectivity index (χ3v) is 4.47. The van der Waals surface area contributed by atoms with Crippen molar-refractivity contribution in [2.75, 3.05) is 17.4 Å². The average Bonchev–Trinajstić information content (AvgIpc) is 2.82. The maximum absolute atomic E-state index is 5.49. The third kappa shape index (κ3) is 3.23. The van der Waals surface area contributed by atoms with Gasteiger partial charge in [0.1, 0.15) is 18.0 Å². The summed E-state index contributed by atoms with van der Waals surface area (Å²) in [7, 11) is 2.02. The molecule has 102 valence electrons. The van der Waals surface area contributed by atoms with Gasteiger partial charge in [-0.2, -0.15) is 0 Å². The number of aromatic nitrogens is 2. The van der Waals surface area contributed by atoms with Gasteiger partial charge < -0.3 is 10.3 Å². The van der Waals surface area contributed by atoms with Crippen molar-refractivity contribution in [3.63, 3.8) is 0 Å². The van der Waals surface area contributed by atoms with E-state index in [4.69, 9.17) is 5.84 Å². The molecule has 0 bridgehead atoms. The molecule has 0 radical (unpaired) electrons. The van der Waals surface area contributed by atoms with Crippen LogP contribution in [-0.2, 0) is 13.0 Å². The summed E-state index contributed by atoms with van der Waals surface area (Å²) in [5.41, 5.74) is 3.66. The lowest BCUT2D eigenvalue weighted by molar-refractivity contribution is 0.881. The number of hydrogen-bond acceptors (Lipinski definition) is 6. The number of hydrazine groups is 1. The van der Waals surface area contributed by atoms with Crippen molar-refractivity contribution in [2.45, 2.75) is 19.9 Å². The fourth-order valence-corrected chi connectivity index (χ4v) is 3.43. The van der Waals surface area contributed by atoms with E-state index in [1.54, 1.807) is 11.3 Å². The van der Waals surface area contributed by atoms with Gasteiger partial charge >= 0.3 is 0 Å². The number of halogens is 1. The summed E-state index contributed by atoms with van der Waals surface area (Å²) in [5, 5.41) is 2.08. The molecule has 0 saturated heterocycles. The number of nitrogens with two attached hydrogens (primary N) is 1. The minimum atomic E-state index is 0.687. The minimum Gasteiger partial charge on any atom is -0.354 e. The Kier molecular flexibility index (Phi) is 4.73. The van der Waals surface area contributed by atoms with Crippen molar-refractivity contribution in [1.29, 1.82) is 0 Å². The first-order chi connectivity index (χ1) is 9.15. The molecule has 5 nitrogen and oxygen atoms in total. The average molecular weight is 342 g/mol. The zero-order valence-electron chi connectivity index (χ0n) is 10.9. The summed E-state index contributed by atoms with van der Waals surface area (Å²) in [6.45, 7) is 2.88. The SMILES string of the molecule is CCc1c(NN)ncnc1N(C)Cc1cc(Br)cs1. The lowest BCUT2D eigenvalue weighted by Crippen LogP contribution is -2.21. The van der Waals surface area contributed by atoms with E-state index in [-0.39, 0.29) is 0 Å². The van der Waals surface area contributed by atoms with Crippen molar-refractivity contribution >= 4 is 38.9 Å². The normalized spacial score (nSPS) is 10.5. The van der Waals surface area contributed by atoms with Crippen LogP contribution in [0, 0.1) is 0 Å². The van der Waals surface area contributed by atoms with Gasteiger partial charge in [-0.05, 0) is 28.4 Å². The van der Waals surface area contributed by atoms with Gasteiger partial charge in [-0.3, -0.25) is 0 Å². The lowest BCUT2D eigenvalue weighted by atomic mass is 10.2. The summed E-state index contributed by atoms with van der Waals surface area (Å²) in [6, 6.07) is 2.12. The number of thiophene rings is 1. The molecule has 2 aromatic heterocycles. The van der Waals surface area contributed by atoms with Crippen LogP contribution in [0.1, 0.15) is 17.4 Å². The number of anilines is 2. The first kappa shape index (κ1) is 14.2. The molecule has 3 N–H and O–H groups in total. The molecule has 2 heterocycles. The molecule has 0 amide bonds. The summed E-state index contributed by atoms with van der Waals surface area (Å²) >= 11 is 5.19. The molecular formula is C12H16BrN5S. The van der Waals surface area contributed by atoms with Gasteiger partial charge in [0.2, 0.25) is 0 Å². The van der Waals surface area contributed by atoms with E-state index in [0.29, 0.717) is 5.82 Å². The van der Waals surface area contributed by atoms with Gasteiger partial charge in [-0.25, -0.2) is 15.8 Å². The molecule has 0 saturated carbocycles. The minimum absolute atomic E-state index is 0.687. The third-order valence-electron chi connectivity index (χ3n) is 2.79. The molecule has 2 rings (SSSR count). The molecule has 0 aliphatic rings. The molecule has 7 heteroatoms. The van der Waals surface area contributed by atoms with E-state index in [9.17, 15) is 0 Å². The summed E-state index contributed by atoms with van der Waals surface area (Å²) in [6.07, 6.45) is 2.36. The van der Waals surface area contributed by atoms with Crippen molar-refractivity contribution in [2.24, 2.45) is 5.84 Å². The molecule has 0 atom stereocenters. The number of nitrogens with zero attached hydrogens (tertiary/aromatic N) is 3. The van der Waals surface area contributed by atoms with Crippen LogP contribution in [0.4, 0.5) is 11.6 Å². The highest BCUT2D eigenvalue weighted by Gasteiger charge is 2.13.